The number of carboxylic acid groups (broad SMARTS) is 1. The van der Waals surface area contributed by atoms with Gasteiger partial charge in [0.15, 0.2) is 0 Å². The molecule has 2 aromatic rings. The second-order valence-electron chi connectivity index (χ2n) is 3.17. The Bertz CT molecular complexity index is 525. The van der Waals surface area contributed by atoms with Gasteiger partial charge in [-0.15, -0.1) is 0 Å². The number of methoxy groups -OCH3 is 1. The van der Waals surface area contributed by atoms with Gasteiger partial charge >= 0.3 is 5.97 Å². The van der Waals surface area contributed by atoms with Gasteiger partial charge in [0.25, 0.3) is 0 Å². The molecule has 2 rings (SSSR count). The average Bonchev–Trinajstić information content (AvgIpc) is 2.53. The van der Waals surface area contributed by atoms with Crippen molar-refractivity contribution in [3.8, 4) is 5.75 Å². The van der Waals surface area contributed by atoms with Crippen molar-refractivity contribution in [3.63, 3.8) is 0 Å². The number of hydrogen-bond acceptors (Lipinski definition) is 3. The van der Waals surface area contributed by atoms with E-state index in [9.17, 15) is 4.79 Å². The summed E-state index contributed by atoms with van der Waals surface area (Å²) in [5.74, 6) is -0.0977. The first-order chi connectivity index (χ1) is 7.15. The normalized spacial score (nSPS) is 10.5. The highest BCUT2D eigenvalue weighted by atomic mass is 16.5. The van der Waals surface area contributed by atoms with Gasteiger partial charge in [0.2, 0.25) is 0 Å². The fourth-order valence-corrected chi connectivity index (χ4v) is 1.66. The first kappa shape index (κ1) is 9.58. The minimum Gasteiger partial charge on any atom is -0.496 e. The second kappa shape index (κ2) is 3.31. The highest BCUT2D eigenvalue weighted by Crippen LogP contribution is 2.32. The van der Waals surface area contributed by atoms with Gasteiger partial charge in [-0.1, -0.05) is 6.07 Å². The number of furan rings is 1. The topological polar surface area (TPSA) is 59.7 Å². The first-order valence-electron chi connectivity index (χ1n) is 4.44. The van der Waals surface area contributed by atoms with E-state index >= 15 is 0 Å². The van der Waals surface area contributed by atoms with E-state index < -0.39 is 5.97 Å². The van der Waals surface area contributed by atoms with Crippen molar-refractivity contribution < 1.29 is 19.1 Å². The second-order valence-corrected chi connectivity index (χ2v) is 3.17. The van der Waals surface area contributed by atoms with E-state index in [1.54, 1.807) is 25.1 Å². The van der Waals surface area contributed by atoms with Crippen LogP contribution in [-0.4, -0.2) is 18.2 Å². The van der Waals surface area contributed by atoms with Crippen LogP contribution in [0.5, 0.6) is 5.75 Å². The third-order valence-corrected chi connectivity index (χ3v) is 2.29. The van der Waals surface area contributed by atoms with E-state index in [0.717, 1.165) is 0 Å². The lowest BCUT2D eigenvalue weighted by Gasteiger charge is -2.00. The molecule has 1 N–H and O–H groups in total. The van der Waals surface area contributed by atoms with Crippen molar-refractivity contribution in [1.82, 2.24) is 0 Å². The van der Waals surface area contributed by atoms with E-state index in [1.807, 2.05) is 0 Å². The van der Waals surface area contributed by atoms with E-state index in [2.05, 4.69) is 0 Å². The SMILES string of the molecule is COc1cccc2oc(C)c(C(=O)O)c12. The van der Waals surface area contributed by atoms with Gasteiger partial charge in [-0.2, -0.15) is 0 Å². The van der Waals surface area contributed by atoms with Crippen LogP contribution in [0.2, 0.25) is 0 Å². The average molecular weight is 206 g/mol. The van der Waals surface area contributed by atoms with Crippen LogP contribution in [0.15, 0.2) is 22.6 Å². The fraction of sp³-hybridized carbons (Fsp3) is 0.182. The van der Waals surface area contributed by atoms with Gasteiger partial charge in [-0.05, 0) is 19.1 Å². The Labute approximate surface area is 86.1 Å². The number of ether oxygens (including phenoxy) is 1. The van der Waals surface area contributed by atoms with Gasteiger partial charge in [0.05, 0.1) is 12.5 Å². The lowest BCUT2D eigenvalue weighted by Crippen LogP contribution is -1.97. The molecule has 0 aliphatic rings. The molecule has 0 spiro atoms. The standard InChI is InChI=1S/C11H10O4/c1-6-9(11(12)13)10-7(14-2)4-3-5-8(10)15-6/h3-5H,1-2H3,(H,12,13). The molecule has 4 heteroatoms. The van der Waals surface area contributed by atoms with Crippen LogP contribution >= 0.6 is 0 Å². The molecule has 1 aromatic carbocycles. The van der Waals surface area contributed by atoms with Crippen molar-refractivity contribution >= 4 is 16.9 Å². The minimum atomic E-state index is -1.00. The number of carbonyl (C=O) groups is 1. The lowest BCUT2D eigenvalue weighted by atomic mass is 10.1. The maximum Gasteiger partial charge on any atom is 0.340 e. The molecule has 78 valence electrons. The maximum atomic E-state index is 11.0. The molecule has 0 radical (unpaired) electrons. The van der Waals surface area contributed by atoms with Crippen molar-refractivity contribution in [3.05, 3.63) is 29.5 Å². The van der Waals surface area contributed by atoms with Crippen LogP contribution in [0, 0.1) is 6.92 Å². The molecule has 1 heterocycles. The predicted octanol–water partition coefficient (Wildman–Crippen LogP) is 2.45. The summed E-state index contributed by atoms with van der Waals surface area (Å²) in [5.41, 5.74) is 0.701. The summed E-state index contributed by atoms with van der Waals surface area (Å²) in [7, 11) is 1.50. The number of aryl methyl sites for hydroxylation is 1. The monoisotopic (exact) mass is 206 g/mol. The van der Waals surface area contributed by atoms with Crippen LogP contribution in [0.1, 0.15) is 16.1 Å². The summed E-state index contributed by atoms with van der Waals surface area (Å²) in [6.07, 6.45) is 0. The molecule has 0 fully saturated rings. The molecule has 15 heavy (non-hydrogen) atoms. The van der Waals surface area contributed by atoms with Crippen molar-refractivity contribution in [1.29, 1.82) is 0 Å². The number of fused-ring (bicyclic) bond motifs is 1. The van der Waals surface area contributed by atoms with Gasteiger partial charge in [0, 0.05) is 0 Å². The zero-order valence-corrected chi connectivity index (χ0v) is 8.40. The molecule has 0 aliphatic heterocycles. The largest absolute Gasteiger partial charge is 0.496 e. The molecule has 1 aromatic heterocycles. The number of benzene rings is 1. The van der Waals surface area contributed by atoms with E-state index in [0.29, 0.717) is 22.5 Å². The van der Waals surface area contributed by atoms with E-state index in [1.165, 1.54) is 7.11 Å². The molecule has 0 saturated heterocycles. The zero-order chi connectivity index (χ0) is 11.0. The molecule has 0 unspecified atom stereocenters. The Kier molecular flexibility index (Phi) is 2.11. The smallest absolute Gasteiger partial charge is 0.340 e. The summed E-state index contributed by atoms with van der Waals surface area (Å²) in [5, 5.41) is 9.58. The first-order valence-corrected chi connectivity index (χ1v) is 4.44. The van der Waals surface area contributed by atoms with Gasteiger partial charge < -0.3 is 14.3 Å². The molecule has 0 amide bonds. The van der Waals surface area contributed by atoms with E-state index in [4.69, 9.17) is 14.3 Å². The van der Waals surface area contributed by atoms with Gasteiger partial charge in [-0.25, -0.2) is 4.79 Å². The highest BCUT2D eigenvalue weighted by molar-refractivity contribution is 6.06. The molecule has 0 saturated carbocycles. The maximum absolute atomic E-state index is 11.0. The molecule has 0 bridgehead atoms. The van der Waals surface area contributed by atoms with Gasteiger partial charge in [-0.3, -0.25) is 0 Å². The quantitative estimate of drug-likeness (QED) is 0.819. The summed E-state index contributed by atoms with van der Waals surface area (Å²) in [6, 6.07) is 5.19. The molecular formula is C11H10O4. The predicted molar refractivity (Wildman–Crippen MR) is 54.5 cm³/mol. The Balaban J connectivity index is 2.88. The summed E-state index contributed by atoms with van der Waals surface area (Å²) in [6.45, 7) is 1.63. The molecule has 4 nitrogen and oxygen atoms in total. The number of carboxylic acids is 1. The summed E-state index contributed by atoms with van der Waals surface area (Å²) >= 11 is 0. The Morgan fingerprint density at radius 3 is 2.80 bits per heavy atom. The third kappa shape index (κ3) is 1.34. The third-order valence-electron chi connectivity index (χ3n) is 2.29. The Morgan fingerprint density at radius 1 is 1.47 bits per heavy atom. The number of hydrogen-bond donors (Lipinski definition) is 1. The summed E-state index contributed by atoms with van der Waals surface area (Å²) < 4.78 is 10.5. The van der Waals surface area contributed by atoms with Crippen LogP contribution in [0.3, 0.4) is 0 Å². The molecular weight excluding hydrogens is 196 g/mol. The lowest BCUT2D eigenvalue weighted by molar-refractivity contribution is 0.0696. The fourth-order valence-electron chi connectivity index (χ4n) is 1.66. The minimum absolute atomic E-state index is 0.169. The van der Waals surface area contributed by atoms with Crippen LogP contribution < -0.4 is 4.74 Å². The van der Waals surface area contributed by atoms with Gasteiger partial charge in [0.1, 0.15) is 22.7 Å². The van der Waals surface area contributed by atoms with Crippen molar-refractivity contribution in [2.45, 2.75) is 6.92 Å². The molecule has 0 atom stereocenters. The zero-order valence-electron chi connectivity index (χ0n) is 8.40. The number of aromatic carboxylic acids is 1. The van der Waals surface area contributed by atoms with Crippen molar-refractivity contribution in [2.75, 3.05) is 7.11 Å². The van der Waals surface area contributed by atoms with Crippen LogP contribution in [0.25, 0.3) is 11.0 Å². The molecule has 0 aliphatic carbocycles. The van der Waals surface area contributed by atoms with Crippen LogP contribution in [-0.2, 0) is 0 Å². The van der Waals surface area contributed by atoms with Crippen molar-refractivity contribution in [2.24, 2.45) is 0 Å². The number of rotatable bonds is 2. The highest BCUT2D eigenvalue weighted by Gasteiger charge is 2.20. The van der Waals surface area contributed by atoms with E-state index in [-0.39, 0.29) is 5.56 Å². The Morgan fingerprint density at radius 2 is 2.20 bits per heavy atom. The van der Waals surface area contributed by atoms with Crippen LogP contribution in [0.4, 0.5) is 0 Å². The Hall–Kier alpha value is -1.97. The summed E-state index contributed by atoms with van der Waals surface area (Å²) in [4.78, 5) is 11.0.